The maximum atomic E-state index is 12.6. The first-order chi connectivity index (χ1) is 14.1. The molecule has 4 rings (SSSR count). The number of H-pyrrole nitrogens is 1. The zero-order chi connectivity index (χ0) is 21.4. The Morgan fingerprint density at radius 1 is 1.03 bits per heavy atom. The number of rotatable bonds is 3. The topological polar surface area (TPSA) is 59.9 Å². The highest BCUT2D eigenvalue weighted by atomic mass is 16.2. The van der Waals surface area contributed by atoms with Gasteiger partial charge >= 0.3 is 0 Å². The van der Waals surface area contributed by atoms with Crippen molar-refractivity contribution in [2.45, 2.75) is 40.5 Å². The van der Waals surface area contributed by atoms with Crippen LogP contribution in [0.4, 0.5) is 0 Å². The van der Waals surface area contributed by atoms with E-state index >= 15 is 0 Å². The third kappa shape index (κ3) is 4.41. The summed E-state index contributed by atoms with van der Waals surface area (Å²) in [4.78, 5) is 17.4. The van der Waals surface area contributed by atoms with Gasteiger partial charge < -0.3 is 9.88 Å². The lowest BCUT2D eigenvalue weighted by Crippen LogP contribution is -2.25. The molecule has 0 spiro atoms. The summed E-state index contributed by atoms with van der Waals surface area (Å²) in [6.07, 6.45) is 1.85. The fourth-order valence-corrected chi connectivity index (χ4v) is 3.35. The van der Waals surface area contributed by atoms with Crippen molar-refractivity contribution in [3.63, 3.8) is 0 Å². The van der Waals surface area contributed by atoms with Gasteiger partial charge in [0.05, 0.1) is 0 Å². The first-order valence-corrected chi connectivity index (χ1v) is 10.2. The minimum Gasteiger partial charge on any atom is -0.346 e. The van der Waals surface area contributed by atoms with Gasteiger partial charge in [0.2, 0.25) is 0 Å². The molecule has 0 fully saturated rings. The minimum absolute atomic E-state index is 0.0195. The molecule has 0 unspecified atom stereocenters. The van der Waals surface area contributed by atoms with E-state index in [1.165, 1.54) is 6.42 Å². The van der Waals surface area contributed by atoms with Crippen molar-refractivity contribution in [2.75, 3.05) is 6.54 Å². The van der Waals surface area contributed by atoms with E-state index < -0.39 is 0 Å². The number of carbonyl (C=O) groups is 1. The summed E-state index contributed by atoms with van der Waals surface area (Å²) in [7, 11) is 0. The van der Waals surface area contributed by atoms with E-state index in [-0.39, 0.29) is 5.91 Å². The lowest BCUT2D eigenvalue weighted by molar-refractivity contribution is 0.0852. The smallest absolute Gasteiger partial charge is 0.258 e. The van der Waals surface area contributed by atoms with Crippen molar-refractivity contribution in [1.82, 2.24) is 9.88 Å². The minimum atomic E-state index is -0.0195. The number of nitrogens with one attached hydrogen (secondary N) is 1. The van der Waals surface area contributed by atoms with Crippen molar-refractivity contribution < 1.29 is 4.79 Å². The third-order valence-corrected chi connectivity index (χ3v) is 4.55. The average Bonchev–Trinajstić information content (AvgIpc) is 3.24. The van der Waals surface area contributed by atoms with Crippen LogP contribution in [-0.2, 0) is 6.42 Å². The van der Waals surface area contributed by atoms with Gasteiger partial charge in [-0.15, -0.1) is 0 Å². The number of carbonyl (C=O) groups excluding carboxylic acids is 1. The summed E-state index contributed by atoms with van der Waals surface area (Å²) >= 11 is 0. The first kappa shape index (κ1) is 22.0. The van der Waals surface area contributed by atoms with Crippen LogP contribution in [0.15, 0.2) is 55.1 Å². The van der Waals surface area contributed by atoms with E-state index in [0.29, 0.717) is 24.2 Å². The summed E-state index contributed by atoms with van der Waals surface area (Å²) in [5.74, 6) is -0.0195. The standard InChI is InChI=1S/C20H15N3O.C3H8.C2H6/c1-13-14-6-2-3-8-17(14)20(24)23(13)11-10-16-15-7-4-5-9-18(15)22-19(16)12-21;1-3-2;1-2/h2-9,22H,1,10-11H2;3H2,1-2H3;1-2H3. The van der Waals surface area contributed by atoms with Gasteiger partial charge in [-0.1, -0.05) is 77.1 Å². The summed E-state index contributed by atoms with van der Waals surface area (Å²) in [6, 6.07) is 17.6. The Morgan fingerprint density at radius 3 is 2.24 bits per heavy atom. The summed E-state index contributed by atoms with van der Waals surface area (Å²) in [5.41, 5.74) is 4.77. The summed E-state index contributed by atoms with van der Waals surface area (Å²) < 4.78 is 0. The van der Waals surface area contributed by atoms with Crippen LogP contribution in [0.5, 0.6) is 0 Å². The molecule has 0 bridgehead atoms. The van der Waals surface area contributed by atoms with Crippen LogP contribution in [0, 0.1) is 11.3 Å². The van der Waals surface area contributed by atoms with E-state index in [1.54, 1.807) is 4.90 Å². The third-order valence-electron chi connectivity index (χ3n) is 4.55. The van der Waals surface area contributed by atoms with E-state index in [1.807, 2.05) is 62.4 Å². The van der Waals surface area contributed by atoms with Gasteiger partial charge in [0.25, 0.3) is 5.91 Å². The lowest BCUT2D eigenvalue weighted by atomic mass is 10.1. The SMILES string of the molecule is C=C1c2ccccc2C(=O)N1CCc1c(C#N)[nH]c2ccccc12.CC.CCC. The van der Waals surface area contributed by atoms with E-state index in [4.69, 9.17) is 0 Å². The second-order valence-electron chi connectivity index (χ2n) is 6.54. The number of aromatic amines is 1. The summed E-state index contributed by atoms with van der Waals surface area (Å²) in [6.45, 7) is 12.8. The molecule has 4 heteroatoms. The molecular weight excluding hydrogens is 358 g/mol. The van der Waals surface area contributed by atoms with Crippen molar-refractivity contribution in [3.05, 3.63) is 77.5 Å². The molecule has 0 atom stereocenters. The van der Waals surface area contributed by atoms with Crippen LogP contribution >= 0.6 is 0 Å². The normalized spacial score (nSPS) is 11.9. The van der Waals surface area contributed by atoms with Crippen LogP contribution in [0.25, 0.3) is 16.6 Å². The number of nitriles is 1. The van der Waals surface area contributed by atoms with E-state index in [2.05, 4.69) is 31.5 Å². The van der Waals surface area contributed by atoms with Crippen molar-refractivity contribution >= 4 is 22.5 Å². The molecule has 2 aromatic carbocycles. The fourth-order valence-electron chi connectivity index (χ4n) is 3.35. The average molecular weight is 388 g/mol. The highest BCUT2D eigenvalue weighted by molar-refractivity contribution is 6.08. The quantitative estimate of drug-likeness (QED) is 0.586. The Morgan fingerprint density at radius 2 is 1.62 bits per heavy atom. The van der Waals surface area contributed by atoms with Gasteiger partial charge in [0.15, 0.2) is 0 Å². The fraction of sp³-hybridized carbons (Fsp3) is 0.280. The zero-order valence-corrected chi connectivity index (χ0v) is 17.7. The van der Waals surface area contributed by atoms with E-state index in [9.17, 15) is 10.1 Å². The van der Waals surface area contributed by atoms with Crippen molar-refractivity contribution in [1.29, 1.82) is 5.26 Å². The maximum absolute atomic E-state index is 12.6. The predicted octanol–water partition coefficient (Wildman–Crippen LogP) is 6.15. The molecular formula is C25H29N3O. The van der Waals surface area contributed by atoms with Crippen molar-refractivity contribution in [3.8, 4) is 6.07 Å². The number of benzene rings is 2. The number of aromatic nitrogens is 1. The number of para-hydroxylation sites is 1. The zero-order valence-electron chi connectivity index (χ0n) is 17.7. The van der Waals surface area contributed by atoms with Crippen LogP contribution < -0.4 is 0 Å². The highest BCUT2D eigenvalue weighted by Gasteiger charge is 2.30. The molecule has 1 aliphatic heterocycles. The molecule has 0 radical (unpaired) electrons. The van der Waals surface area contributed by atoms with Gasteiger partial charge in [-0.2, -0.15) is 5.26 Å². The molecule has 29 heavy (non-hydrogen) atoms. The second-order valence-corrected chi connectivity index (χ2v) is 6.54. The monoisotopic (exact) mass is 387 g/mol. The molecule has 1 aromatic heterocycles. The molecule has 3 aromatic rings. The number of fused-ring (bicyclic) bond motifs is 2. The van der Waals surface area contributed by atoms with Crippen LogP contribution in [0.2, 0.25) is 0 Å². The van der Waals surface area contributed by atoms with Gasteiger partial charge in [-0.25, -0.2) is 0 Å². The Hall–Kier alpha value is -3.32. The van der Waals surface area contributed by atoms with Gasteiger partial charge in [0, 0.05) is 34.3 Å². The largest absolute Gasteiger partial charge is 0.346 e. The predicted molar refractivity (Wildman–Crippen MR) is 121 cm³/mol. The van der Waals surface area contributed by atoms with Gasteiger partial charge in [0.1, 0.15) is 11.8 Å². The molecule has 1 aliphatic rings. The van der Waals surface area contributed by atoms with Crippen LogP contribution in [0.1, 0.15) is 61.3 Å². The molecule has 1 N–H and O–H groups in total. The molecule has 1 amide bonds. The lowest BCUT2D eigenvalue weighted by Gasteiger charge is -2.17. The Labute approximate surface area is 173 Å². The van der Waals surface area contributed by atoms with Gasteiger partial charge in [-0.05, 0) is 24.1 Å². The second kappa shape index (κ2) is 10.3. The first-order valence-electron chi connectivity index (χ1n) is 10.2. The molecule has 0 saturated heterocycles. The molecule has 150 valence electrons. The number of hydrogen-bond acceptors (Lipinski definition) is 2. The molecule has 2 heterocycles. The molecule has 0 saturated carbocycles. The van der Waals surface area contributed by atoms with Crippen molar-refractivity contribution in [2.24, 2.45) is 0 Å². The van der Waals surface area contributed by atoms with Crippen LogP contribution in [-0.4, -0.2) is 22.3 Å². The molecule has 4 nitrogen and oxygen atoms in total. The van der Waals surface area contributed by atoms with Gasteiger partial charge in [-0.3, -0.25) is 4.79 Å². The molecule has 0 aliphatic carbocycles. The number of amides is 1. The Kier molecular flexibility index (Phi) is 7.79. The number of nitrogens with zero attached hydrogens (tertiary/aromatic N) is 2. The summed E-state index contributed by atoms with van der Waals surface area (Å²) in [5, 5.41) is 10.4. The number of hydrogen-bond donors (Lipinski definition) is 1. The Bertz CT molecular complexity index is 1000. The maximum Gasteiger partial charge on any atom is 0.258 e. The van der Waals surface area contributed by atoms with Crippen LogP contribution in [0.3, 0.4) is 0 Å². The van der Waals surface area contributed by atoms with E-state index in [0.717, 1.165) is 27.7 Å². The Balaban J connectivity index is 0.000000551. The highest BCUT2D eigenvalue weighted by Crippen LogP contribution is 2.32.